The van der Waals surface area contributed by atoms with Crippen molar-refractivity contribution < 1.29 is 14.7 Å². The molecule has 2 N–H and O–H groups in total. The van der Waals surface area contributed by atoms with Crippen molar-refractivity contribution in [2.45, 2.75) is 76.2 Å². The standard InChI is InChI=1S/C17H27NO3/c19-15(20)11-17(8-4-5-9-17)18-16(21)14-10-13(14)12-6-2-1-3-7-12/h12-14H,1-11H2,(H,18,21)(H,19,20). The lowest BCUT2D eigenvalue weighted by molar-refractivity contribution is -0.139. The molecule has 3 rings (SSSR count). The van der Waals surface area contributed by atoms with Crippen molar-refractivity contribution in [2.75, 3.05) is 0 Å². The van der Waals surface area contributed by atoms with Gasteiger partial charge in [0, 0.05) is 5.92 Å². The molecule has 2 unspecified atom stereocenters. The molecule has 0 aromatic rings. The molecule has 0 saturated heterocycles. The summed E-state index contributed by atoms with van der Waals surface area (Å²) in [6, 6.07) is 0. The molecule has 0 radical (unpaired) electrons. The van der Waals surface area contributed by atoms with Crippen molar-refractivity contribution in [1.29, 1.82) is 0 Å². The van der Waals surface area contributed by atoms with E-state index in [1.165, 1.54) is 32.1 Å². The summed E-state index contributed by atoms with van der Waals surface area (Å²) in [7, 11) is 0. The molecule has 4 heteroatoms. The number of nitrogens with one attached hydrogen (secondary N) is 1. The van der Waals surface area contributed by atoms with Crippen LogP contribution in [0.5, 0.6) is 0 Å². The van der Waals surface area contributed by atoms with Gasteiger partial charge in [0.05, 0.1) is 12.0 Å². The van der Waals surface area contributed by atoms with E-state index in [2.05, 4.69) is 5.32 Å². The van der Waals surface area contributed by atoms with Gasteiger partial charge < -0.3 is 10.4 Å². The van der Waals surface area contributed by atoms with E-state index < -0.39 is 11.5 Å². The molecule has 0 aromatic carbocycles. The van der Waals surface area contributed by atoms with Gasteiger partial charge in [-0.1, -0.05) is 44.9 Å². The third kappa shape index (κ3) is 3.41. The zero-order valence-electron chi connectivity index (χ0n) is 12.8. The highest BCUT2D eigenvalue weighted by Gasteiger charge is 2.49. The summed E-state index contributed by atoms with van der Waals surface area (Å²) in [5.41, 5.74) is -0.456. The Morgan fingerprint density at radius 3 is 2.33 bits per heavy atom. The summed E-state index contributed by atoms with van der Waals surface area (Å²) >= 11 is 0. The van der Waals surface area contributed by atoms with Crippen molar-refractivity contribution in [1.82, 2.24) is 5.32 Å². The van der Waals surface area contributed by atoms with Gasteiger partial charge in [-0.05, 0) is 31.1 Å². The highest BCUT2D eigenvalue weighted by atomic mass is 16.4. The first kappa shape index (κ1) is 14.9. The lowest BCUT2D eigenvalue weighted by Gasteiger charge is -2.29. The maximum Gasteiger partial charge on any atom is 0.305 e. The largest absolute Gasteiger partial charge is 0.481 e. The number of rotatable bonds is 5. The second kappa shape index (κ2) is 5.98. The van der Waals surface area contributed by atoms with Gasteiger partial charge in [0.15, 0.2) is 0 Å². The molecule has 0 aromatic heterocycles. The van der Waals surface area contributed by atoms with E-state index in [4.69, 9.17) is 5.11 Å². The quantitative estimate of drug-likeness (QED) is 0.818. The van der Waals surface area contributed by atoms with Crippen LogP contribution < -0.4 is 5.32 Å². The van der Waals surface area contributed by atoms with Crippen LogP contribution >= 0.6 is 0 Å². The smallest absolute Gasteiger partial charge is 0.305 e. The van der Waals surface area contributed by atoms with Crippen LogP contribution in [0.25, 0.3) is 0 Å². The number of carboxylic acids is 1. The van der Waals surface area contributed by atoms with E-state index in [0.29, 0.717) is 5.92 Å². The molecule has 3 aliphatic carbocycles. The fourth-order valence-electron chi connectivity index (χ4n) is 4.64. The van der Waals surface area contributed by atoms with Crippen molar-refractivity contribution in [3.63, 3.8) is 0 Å². The molecule has 0 bridgehead atoms. The number of carboxylic acid groups (broad SMARTS) is 1. The van der Waals surface area contributed by atoms with E-state index in [1.807, 2.05) is 0 Å². The Morgan fingerprint density at radius 1 is 1.05 bits per heavy atom. The van der Waals surface area contributed by atoms with Gasteiger partial charge in [0.2, 0.25) is 5.91 Å². The van der Waals surface area contributed by atoms with Crippen molar-refractivity contribution in [2.24, 2.45) is 17.8 Å². The van der Waals surface area contributed by atoms with Crippen molar-refractivity contribution in [3.8, 4) is 0 Å². The molecule has 1 amide bonds. The Kier molecular flexibility index (Phi) is 4.23. The Labute approximate surface area is 126 Å². The topological polar surface area (TPSA) is 66.4 Å². The average molecular weight is 293 g/mol. The second-order valence-electron chi connectivity index (χ2n) is 7.45. The van der Waals surface area contributed by atoms with E-state index in [0.717, 1.165) is 38.0 Å². The number of hydrogen-bond acceptors (Lipinski definition) is 2. The zero-order chi connectivity index (χ0) is 14.9. The minimum Gasteiger partial charge on any atom is -0.481 e. The average Bonchev–Trinajstić information content (AvgIpc) is 3.15. The minimum atomic E-state index is -0.795. The first-order chi connectivity index (χ1) is 10.1. The van der Waals surface area contributed by atoms with E-state index in [9.17, 15) is 9.59 Å². The number of hydrogen-bond donors (Lipinski definition) is 2. The third-order valence-electron chi connectivity index (χ3n) is 5.87. The first-order valence-corrected chi connectivity index (χ1v) is 8.63. The van der Waals surface area contributed by atoms with Gasteiger partial charge in [-0.25, -0.2) is 0 Å². The number of carbonyl (C=O) groups is 2. The Balaban J connectivity index is 1.55. The van der Waals surface area contributed by atoms with Crippen LogP contribution in [0.2, 0.25) is 0 Å². The van der Waals surface area contributed by atoms with Crippen LogP contribution in [0.1, 0.15) is 70.6 Å². The zero-order valence-corrected chi connectivity index (χ0v) is 12.8. The molecular weight excluding hydrogens is 266 g/mol. The van der Waals surface area contributed by atoms with Crippen molar-refractivity contribution in [3.05, 3.63) is 0 Å². The van der Waals surface area contributed by atoms with E-state index in [1.54, 1.807) is 0 Å². The second-order valence-corrected chi connectivity index (χ2v) is 7.45. The summed E-state index contributed by atoms with van der Waals surface area (Å²) in [5.74, 6) is 0.826. The Hall–Kier alpha value is -1.06. The van der Waals surface area contributed by atoms with Crippen LogP contribution in [0.3, 0.4) is 0 Å². The molecule has 0 heterocycles. The van der Waals surface area contributed by atoms with Gasteiger partial charge in [-0.15, -0.1) is 0 Å². The van der Waals surface area contributed by atoms with E-state index in [-0.39, 0.29) is 18.2 Å². The number of aliphatic carboxylic acids is 1. The Morgan fingerprint density at radius 2 is 1.71 bits per heavy atom. The van der Waals surface area contributed by atoms with Gasteiger partial charge in [0.25, 0.3) is 0 Å². The van der Waals surface area contributed by atoms with Crippen LogP contribution in [-0.2, 0) is 9.59 Å². The molecule has 4 nitrogen and oxygen atoms in total. The van der Waals surface area contributed by atoms with E-state index >= 15 is 0 Å². The van der Waals surface area contributed by atoms with Crippen LogP contribution in [-0.4, -0.2) is 22.5 Å². The third-order valence-corrected chi connectivity index (χ3v) is 5.87. The predicted molar refractivity (Wildman–Crippen MR) is 79.8 cm³/mol. The highest BCUT2D eigenvalue weighted by molar-refractivity contribution is 5.83. The van der Waals surface area contributed by atoms with Gasteiger partial charge in [-0.3, -0.25) is 9.59 Å². The molecule has 118 valence electrons. The van der Waals surface area contributed by atoms with Crippen LogP contribution in [0.15, 0.2) is 0 Å². The predicted octanol–water partition coefficient (Wildman–Crippen LogP) is 3.11. The highest BCUT2D eigenvalue weighted by Crippen LogP contribution is 2.50. The molecular formula is C17H27NO3. The lowest BCUT2D eigenvalue weighted by Crippen LogP contribution is -2.48. The summed E-state index contributed by atoms with van der Waals surface area (Å²) in [4.78, 5) is 23.6. The Bertz CT molecular complexity index is 408. The molecule has 3 saturated carbocycles. The fourth-order valence-corrected chi connectivity index (χ4v) is 4.64. The first-order valence-electron chi connectivity index (χ1n) is 8.63. The minimum absolute atomic E-state index is 0.0829. The fraction of sp³-hybridized carbons (Fsp3) is 0.882. The summed E-state index contributed by atoms with van der Waals surface area (Å²) in [6.45, 7) is 0. The number of carbonyl (C=O) groups excluding carboxylic acids is 1. The van der Waals surface area contributed by atoms with Crippen LogP contribution in [0, 0.1) is 17.8 Å². The molecule has 3 fully saturated rings. The normalized spacial score (nSPS) is 31.8. The maximum atomic E-state index is 12.5. The molecule has 3 aliphatic rings. The summed E-state index contributed by atoms with van der Waals surface area (Å²) < 4.78 is 0. The SMILES string of the molecule is O=C(O)CC1(NC(=O)C2CC2C2CCCCC2)CCCC1. The van der Waals surface area contributed by atoms with Crippen molar-refractivity contribution >= 4 is 11.9 Å². The molecule has 0 aliphatic heterocycles. The number of amides is 1. The molecule has 2 atom stereocenters. The lowest BCUT2D eigenvalue weighted by atomic mass is 9.85. The summed E-state index contributed by atoms with van der Waals surface area (Å²) in [6.07, 6.45) is 11.4. The van der Waals surface area contributed by atoms with Crippen LogP contribution in [0.4, 0.5) is 0 Å². The molecule has 0 spiro atoms. The van der Waals surface area contributed by atoms with Gasteiger partial charge in [-0.2, -0.15) is 0 Å². The molecule has 21 heavy (non-hydrogen) atoms. The van der Waals surface area contributed by atoms with Gasteiger partial charge in [0.1, 0.15) is 0 Å². The summed E-state index contributed by atoms with van der Waals surface area (Å²) in [5, 5.41) is 12.2. The van der Waals surface area contributed by atoms with Gasteiger partial charge >= 0.3 is 5.97 Å². The maximum absolute atomic E-state index is 12.5. The monoisotopic (exact) mass is 293 g/mol.